The minimum absolute atomic E-state index is 0.00685. The van der Waals surface area contributed by atoms with Crippen LogP contribution in [0.5, 0.6) is 0 Å². The third-order valence-corrected chi connectivity index (χ3v) is 2.82. The van der Waals surface area contributed by atoms with Crippen LogP contribution >= 0.6 is 0 Å². The number of nitrogens with one attached hydrogen (secondary N) is 1. The topological polar surface area (TPSA) is 67.5 Å². The minimum atomic E-state index is -0.612. The summed E-state index contributed by atoms with van der Waals surface area (Å²) >= 11 is 0. The number of benzene rings is 2. The van der Waals surface area contributed by atoms with Crippen molar-refractivity contribution in [3.63, 3.8) is 0 Å². The van der Waals surface area contributed by atoms with Crippen molar-refractivity contribution < 1.29 is 13.6 Å². The average molecular weight is 289 g/mol. The van der Waals surface area contributed by atoms with E-state index in [1.54, 1.807) is 12.1 Å². The van der Waals surface area contributed by atoms with Gasteiger partial charge in [-0.1, -0.05) is 0 Å². The van der Waals surface area contributed by atoms with E-state index in [4.69, 9.17) is 5.73 Å². The molecule has 0 saturated carbocycles. The van der Waals surface area contributed by atoms with E-state index in [-0.39, 0.29) is 11.3 Å². The van der Waals surface area contributed by atoms with E-state index in [0.29, 0.717) is 11.3 Å². The first kappa shape index (κ1) is 14.6. The van der Waals surface area contributed by atoms with Crippen molar-refractivity contribution in [3.8, 4) is 0 Å². The number of anilines is 1. The summed E-state index contributed by atoms with van der Waals surface area (Å²) in [5.74, 6) is -1.66. The van der Waals surface area contributed by atoms with Crippen molar-refractivity contribution in [1.82, 2.24) is 5.43 Å². The van der Waals surface area contributed by atoms with Crippen LogP contribution in [-0.4, -0.2) is 11.6 Å². The van der Waals surface area contributed by atoms with Gasteiger partial charge in [-0.2, -0.15) is 5.10 Å². The number of amides is 1. The van der Waals surface area contributed by atoms with Gasteiger partial charge in [-0.25, -0.2) is 14.2 Å². The number of rotatable bonds is 3. The number of hydrogen-bond acceptors (Lipinski definition) is 3. The highest BCUT2D eigenvalue weighted by Gasteiger charge is 2.08. The van der Waals surface area contributed by atoms with Gasteiger partial charge >= 0.3 is 0 Å². The van der Waals surface area contributed by atoms with E-state index in [1.807, 2.05) is 0 Å². The molecular formula is C15H13F2N3O. The Morgan fingerprint density at radius 2 is 1.81 bits per heavy atom. The summed E-state index contributed by atoms with van der Waals surface area (Å²) in [5.41, 5.74) is 8.85. The van der Waals surface area contributed by atoms with Crippen LogP contribution in [0.2, 0.25) is 0 Å². The van der Waals surface area contributed by atoms with Crippen LogP contribution in [0.1, 0.15) is 22.8 Å². The quantitative estimate of drug-likeness (QED) is 0.518. The molecule has 4 nitrogen and oxygen atoms in total. The normalized spacial score (nSPS) is 11.3. The predicted octanol–water partition coefficient (Wildman–Crippen LogP) is 2.70. The lowest BCUT2D eigenvalue weighted by molar-refractivity contribution is 0.0955. The minimum Gasteiger partial charge on any atom is -0.399 e. The van der Waals surface area contributed by atoms with Crippen LogP contribution in [-0.2, 0) is 0 Å². The maximum Gasteiger partial charge on any atom is 0.271 e. The lowest BCUT2D eigenvalue weighted by atomic mass is 10.1. The van der Waals surface area contributed by atoms with Gasteiger partial charge < -0.3 is 5.73 Å². The van der Waals surface area contributed by atoms with Crippen LogP contribution in [0.25, 0.3) is 0 Å². The summed E-state index contributed by atoms with van der Waals surface area (Å²) < 4.78 is 26.6. The van der Waals surface area contributed by atoms with Gasteiger partial charge in [-0.3, -0.25) is 4.79 Å². The Kier molecular flexibility index (Phi) is 4.27. The second kappa shape index (κ2) is 6.13. The fourth-order valence-corrected chi connectivity index (χ4v) is 1.67. The van der Waals surface area contributed by atoms with E-state index < -0.39 is 17.5 Å². The van der Waals surface area contributed by atoms with Gasteiger partial charge in [-0.15, -0.1) is 0 Å². The van der Waals surface area contributed by atoms with Crippen molar-refractivity contribution in [2.45, 2.75) is 6.92 Å². The van der Waals surface area contributed by atoms with Gasteiger partial charge in [0.15, 0.2) is 0 Å². The van der Waals surface area contributed by atoms with E-state index in [1.165, 1.54) is 19.1 Å². The molecule has 0 spiro atoms. The fourth-order valence-electron chi connectivity index (χ4n) is 1.67. The number of carbonyl (C=O) groups is 1. The van der Waals surface area contributed by atoms with Crippen molar-refractivity contribution in [2.24, 2.45) is 5.10 Å². The number of hydrogen-bond donors (Lipinski definition) is 2. The summed E-state index contributed by atoms with van der Waals surface area (Å²) in [7, 11) is 0. The number of halogens is 2. The Morgan fingerprint density at radius 3 is 2.48 bits per heavy atom. The summed E-state index contributed by atoms with van der Waals surface area (Å²) in [6, 6.07) is 9.28. The Morgan fingerprint density at radius 1 is 1.14 bits per heavy atom. The first-order valence-electron chi connectivity index (χ1n) is 6.13. The molecule has 0 unspecified atom stereocenters. The van der Waals surface area contributed by atoms with Crippen LogP contribution in [0.3, 0.4) is 0 Å². The van der Waals surface area contributed by atoms with E-state index >= 15 is 0 Å². The molecule has 0 aliphatic carbocycles. The highest BCUT2D eigenvalue weighted by molar-refractivity contribution is 6.01. The first-order valence-corrected chi connectivity index (χ1v) is 6.13. The second-order valence-electron chi connectivity index (χ2n) is 4.38. The van der Waals surface area contributed by atoms with Gasteiger partial charge in [-0.05, 0) is 49.4 Å². The standard InChI is InChI=1S/C15H13F2N3O/c1-9(13-8-11(16)4-7-14(13)17)19-20-15(21)10-2-5-12(18)6-3-10/h2-8H,18H2,1H3,(H,20,21)/b19-9-. The van der Waals surface area contributed by atoms with Crippen molar-refractivity contribution in [1.29, 1.82) is 0 Å². The SMILES string of the molecule is C/C(=N/NC(=O)c1ccc(N)cc1)c1cc(F)ccc1F. The molecule has 0 aliphatic heterocycles. The van der Waals surface area contributed by atoms with Gasteiger partial charge in [0.1, 0.15) is 11.6 Å². The zero-order valence-electron chi connectivity index (χ0n) is 11.2. The molecule has 6 heteroatoms. The van der Waals surface area contributed by atoms with Crippen LogP contribution in [0, 0.1) is 11.6 Å². The molecule has 0 bridgehead atoms. The number of nitrogen functional groups attached to an aromatic ring is 1. The lowest BCUT2D eigenvalue weighted by Gasteiger charge is -2.04. The highest BCUT2D eigenvalue weighted by Crippen LogP contribution is 2.11. The predicted molar refractivity (Wildman–Crippen MR) is 76.9 cm³/mol. The third-order valence-electron chi connectivity index (χ3n) is 2.82. The smallest absolute Gasteiger partial charge is 0.271 e. The van der Waals surface area contributed by atoms with Gasteiger partial charge in [0.25, 0.3) is 5.91 Å². The van der Waals surface area contributed by atoms with Crippen LogP contribution < -0.4 is 11.2 Å². The molecule has 21 heavy (non-hydrogen) atoms. The number of nitrogens with zero attached hydrogens (tertiary/aromatic N) is 1. The largest absolute Gasteiger partial charge is 0.399 e. The molecular weight excluding hydrogens is 276 g/mol. The summed E-state index contributed by atoms with van der Waals surface area (Å²) in [6.07, 6.45) is 0. The molecule has 3 N–H and O–H groups in total. The average Bonchev–Trinajstić information content (AvgIpc) is 2.47. The molecule has 0 aromatic heterocycles. The molecule has 0 saturated heterocycles. The molecule has 2 aromatic rings. The molecule has 0 aliphatic rings. The zero-order chi connectivity index (χ0) is 15.4. The molecule has 2 rings (SSSR count). The van der Waals surface area contributed by atoms with Crippen molar-refractivity contribution in [2.75, 3.05) is 5.73 Å². The van der Waals surface area contributed by atoms with E-state index in [9.17, 15) is 13.6 Å². The highest BCUT2D eigenvalue weighted by atomic mass is 19.1. The Hall–Kier alpha value is -2.76. The third kappa shape index (κ3) is 3.62. The molecule has 108 valence electrons. The van der Waals surface area contributed by atoms with Crippen LogP contribution in [0.4, 0.5) is 14.5 Å². The first-order chi connectivity index (χ1) is 9.97. The van der Waals surface area contributed by atoms with Crippen LogP contribution in [0.15, 0.2) is 47.6 Å². The number of carbonyl (C=O) groups excluding carboxylic acids is 1. The summed E-state index contributed by atoms with van der Waals surface area (Å²) in [6.45, 7) is 1.47. The monoisotopic (exact) mass is 289 g/mol. The summed E-state index contributed by atoms with van der Waals surface area (Å²) in [4.78, 5) is 11.8. The zero-order valence-corrected chi connectivity index (χ0v) is 11.2. The molecule has 1 amide bonds. The number of nitrogens with two attached hydrogens (primary N) is 1. The molecule has 0 fully saturated rings. The maximum absolute atomic E-state index is 13.5. The lowest BCUT2D eigenvalue weighted by Crippen LogP contribution is -2.19. The fraction of sp³-hybridized carbons (Fsp3) is 0.0667. The number of hydrazone groups is 1. The molecule has 2 aromatic carbocycles. The van der Waals surface area contributed by atoms with E-state index in [2.05, 4.69) is 10.5 Å². The van der Waals surface area contributed by atoms with Gasteiger partial charge in [0, 0.05) is 16.8 Å². The summed E-state index contributed by atoms with van der Waals surface area (Å²) in [5, 5.41) is 3.77. The Labute approximate surface area is 120 Å². The second-order valence-corrected chi connectivity index (χ2v) is 4.38. The van der Waals surface area contributed by atoms with Gasteiger partial charge in [0.05, 0.1) is 5.71 Å². The Bertz CT molecular complexity index is 697. The molecule has 0 radical (unpaired) electrons. The van der Waals surface area contributed by atoms with E-state index in [0.717, 1.165) is 18.2 Å². The molecule has 0 atom stereocenters. The van der Waals surface area contributed by atoms with Crippen molar-refractivity contribution in [3.05, 3.63) is 65.2 Å². The Balaban J connectivity index is 2.14. The molecule has 0 heterocycles. The maximum atomic E-state index is 13.5. The van der Waals surface area contributed by atoms with Gasteiger partial charge in [0.2, 0.25) is 0 Å². The van der Waals surface area contributed by atoms with Crippen molar-refractivity contribution >= 4 is 17.3 Å².